The van der Waals surface area contributed by atoms with E-state index in [0.717, 1.165) is 11.4 Å². The smallest absolute Gasteiger partial charge is 0.363 e. The maximum Gasteiger partial charge on any atom is 0.511 e. The quantitative estimate of drug-likeness (QED) is 0.519. The van der Waals surface area contributed by atoms with E-state index in [-0.39, 0.29) is 32.0 Å². The Hall–Kier alpha value is -2.08. The van der Waals surface area contributed by atoms with Gasteiger partial charge < -0.3 is 15.5 Å². The van der Waals surface area contributed by atoms with Crippen LogP contribution in [0.2, 0.25) is 0 Å². The number of hydrogen-bond acceptors (Lipinski definition) is 5. The molecule has 0 aliphatic carbocycles. The Bertz CT molecular complexity index is 806. The Balaban J connectivity index is 1.98. The molecule has 0 unspecified atom stereocenters. The van der Waals surface area contributed by atoms with Crippen LogP contribution >= 0.6 is 0 Å². The lowest BCUT2D eigenvalue weighted by Gasteiger charge is -2.32. The van der Waals surface area contributed by atoms with E-state index in [4.69, 9.17) is 0 Å². The van der Waals surface area contributed by atoms with Gasteiger partial charge in [0.15, 0.2) is 5.96 Å². The zero-order chi connectivity index (χ0) is 21.7. The number of hydrogen-bond donors (Lipinski definition) is 2. The van der Waals surface area contributed by atoms with Crippen molar-refractivity contribution in [2.24, 2.45) is 4.99 Å². The topological polar surface area (TPSA) is 89.9 Å². The van der Waals surface area contributed by atoms with E-state index in [1.54, 1.807) is 6.20 Å². The normalized spacial score (nSPS) is 17.2. The molecule has 2 heterocycles. The second kappa shape index (κ2) is 9.61. The number of pyridine rings is 1. The minimum absolute atomic E-state index is 0.165. The van der Waals surface area contributed by atoms with Crippen LogP contribution in [-0.2, 0) is 16.6 Å². The molecule has 164 valence electrons. The number of aromatic nitrogens is 1. The second-order valence-corrected chi connectivity index (χ2v) is 8.81. The number of nitrogens with zero attached hydrogens (tertiary/aromatic N) is 4. The summed E-state index contributed by atoms with van der Waals surface area (Å²) in [7, 11) is -1.48. The Morgan fingerprint density at radius 2 is 2.00 bits per heavy atom. The lowest BCUT2D eigenvalue weighted by atomic mass is 10.1. The molecule has 1 aromatic rings. The second-order valence-electron chi connectivity index (χ2n) is 6.88. The molecule has 8 nitrogen and oxygen atoms in total. The molecule has 0 amide bonds. The molecule has 1 fully saturated rings. The third kappa shape index (κ3) is 6.20. The molecule has 1 saturated heterocycles. The molecular formula is C17H27F3N6O2S. The number of halogens is 3. The van der Waals surface area contributed by atoms with Gasteiger partial charge in [0, 0.05) is 46.0 Å². The average Bonchev–Trinajstić information content (AvgIpc) is 2.66. The predicted molar refractivity (Wildman–Crippen MR) is 106 cm³/mol. The third-order valence-electron chi connectivity index (χ3n) is 4.46. The summed E-state index contributed by atoms with van der Waals surface area (Å²) in [5, 5.41) is 6.29. The molecule has 29 heavy (non-hydrogen) atoms. The predicted octanol–water partition coefficient (Wildman–Crippen LogP) is 1.52. The van der Waals surface area contributed by atoms with Crippen LogP contribution in [0.1, 0.15) is 25.3 Å². The lowest BCUT2D eigenvalue weighted by molar-refractivity contribution is -0.0494. The molecule has 0 spiro atoms. The van der Waals surface area contributed by atoms with Crippen molar-refractivity contribution >= 4 is 21.8 Å². The highest BCUT2D eigenvalue weighted by Crippen LogP contribution is 2.28. The number of rotatable bonds is 6. The number of anilines is 1. The summed E-state index contributed by atoms with van der Waals surface area (Å²) in [5.41, 5.74) is -4.30. The highest BCUT2D eigenvalue weighted by molar-refractivity contribution is 7.90. The first-order valence-corrected chi connectivity index (χ1v) is 10.7. The fraction of sp³-hybridized carbons (Fsp3) is 0.647. The monoisotopic (exact) mass is 436 g/mol. The molecule has 0 bridgehead atoms. The van der Waals surface area contributed by atoms with E-state index < -0.39 is 15.5 Å². The van der Waals surface area contributed by atoms with Crippen LogP contribution in [0.15, 0.2) is 23.3 Å². The van der Waals surface area contributed by atoms with Gasteiger partial charge in [0.2, 0.25) is 0 Å². The van der Waals surface area contributed by atoms with Crippen LogP contribution in [0.4, 0.5) is 19.0 Å². The number of piperidine rings is 1. The van der Waals surface area contributed by atoms with Crippen LogP contribution in [0.25, 0.3) is 0 Å². The Kier molecular flexibility index (Phi) is 7.69. The van der Waals surface area contributed by atoms with Crippen molar-refractivity contribution in [3.63, 3.8) is 0 Å². The van der Waals surface area contributed by atoms with E-state index in [2.05, 4.69) is 20.6 Å². The summed E-state index contributed by atoms with van der Waals surface area (Å²) in [6, 6.07) is 3.62. The maximum atomic E-state index is 12.7. The summed E-state index contributed by atoms with van der Waals surface area (Å²) < 4.78 is 61.6. The SMILES string of the molecule is CCNC(=NCc1ccnc(N(C)C)c1)NC1CCN(S(=O)(=O)C(F)(F)F)CC1. The van der Waals surface area contributed by atoms with Gasteiger partial charge in [0.1, 0.15) is 5.82 Å². The molecule has 2 rings (SSSR count). The molecular weight excluding hydrogens is 409 g/mol. The standard InChI is InChI=1S/C17H27F3N6O2S/c1-4-21-16(23-12-13-5-8-22-15(11-13)25(2)3)24-14-6-9-26(10-7-14)29(27,28)17(18,19)20/h5,8,11,14H,4,6-7,9-10,12H2,1-3H3,(H2,21,23,24). The number of nitrogens with one attached hydrogen (secondary N) is 2. The average molecular weight is 437 g/mol. The van der Waals surface area contributed by atoms with Gasteiger partial charge >= 0.3 is 15.5 Å². The van der Waals surface area contributed by atoms with Gasteiger partial charge in [-0.15, -0.1) is 0 Å². The maximum absolute atomic E-state index is 12.7. The van der Waals surface area contributed by atoms with Crippen molar-refractivity contribution < 1.29 is 21.6 Å². The van der Waals surface area contributed by atoms with Crippen molar-refractivity contribution in [2.75, 3.05) is 38.6 Å². The van der Waals surface area contributed by atoms with E-state index >= 15 is 0 Å². The van der Waals surface area contributed by atoms with Gasteiger partial charge in [-0.2, -0.15) is 17.5 Å². The third-order valence-corrected chi connectivity index (χ3v) is 6.09. The van der Waals surface area contributed by atoms with Crippen LogP contribution in [0.3, 0.4) is 0 Å². The molecule has 0 aromatic carbocycles. The van der Waals surface area contributed by atoms with Crippen molar-refractivity contribution in [1.29, 1.82) is 0 Å². The van der Waals surface area contributed by atoms with Crippen LogP contribution in [-0.4, -0.2) is 68.9 Å². The van der Waals surface area contributed by atoms with Crippen LogP contribution in [0, 0.1) is 0 Å². The molecule has 1 aliphatic rings. The fourth-order valence-corrected chi connectivity index (χ4v) is 3.86. The van der Waals surface area contributed by atoms with E-state index in [9.17, 15) is 21.6 Å². The van der Waals surface area contributed by atoms with Gasteiger partial charge in [-0.3, -0.25) is 0 Å². The number of aliphatic imine (C=N–C) groups is 1. The fourth-order valence-electron chi connectivity index (χ4n) is 2.87. The summed E-state index contributed by atoms with van der Waals surface area (Å²) in [6.45, 7) is 2.56. The highest BCUT2D eigenvalue weighted by atomic mass is 32.2. The van der Waals surface area contributed by atoms with Gasteiger partial charge in [-0.1, -0.05) is 0 Å². The Morgan fingerprint density at radius 1 is 1.34 bits per heavy atom. The molecule has 2 N–H and O–H groups in total. The van der Waals surface area contributed by atoms with E-state index in [1.807, 2.05) is 38.1 Å². The summed E-state index contributed by atoms with van der Waals surface area (Å²) in [5.74, 6) is 1.35. The van der Waals surface area contributed by atoms with E-state index in [0.29, 0.717) is 23.4 Å². The Labute approximate surface area is 169 Å². The Morgan fingerprint density at radius 3 is 2.55 bits per heavy atom. The summed E-state index contributed by atoms with van der Waals surface area (Å²) in [6.07, 6.45) is 2.23. The first-order valence-electron chi connectivity index (χ1n) is 9.28. The zero-order valence-electron chi connectivity index (χ0n) is 16.7. The summed E-state index contributed by atoms with van der Waals surface area (Å²) in [4.78, 5) is 10.7. The van der Waals surface area contributed by atoms with Crippen molar-refractivity contribution in [2.45, 2.75) is 37.9 Å². The van der Waals surface area contributed by atoms with Crippen LogP contribution in [0.5, 0.6) is 0 Å². The van der Waals surface area contributed by atoms with Crippen molar-refractivity contribution in [3.05, 3.63) is 23.9 Å². The molecule has 0 atom stereocenters. The van der Waals surface area contributed by atoms with E-state index in [1.165, 1.54) is 0 Å². The van der Waals surface area contributed by atoms with Crippen molar-refractivity contribution in [1.82, 2.24) is 19.9 Å². The highest BCUT2D eigenvalue weighted by Gasteiger charge is 2.50. The minimum atomic E-state index is -5.27. The first kappa shape index (κ1) is 23.2. The lowest BCUT2D eigenvalue weighted by Crippen LogP contribution is -2.51. The molecule has 0 radical (unpaired) electrons. The minimum Gasteiger partial charge on any atom is -0.363 e. The summed E-state index contributed by atoms with van der Waals surface area (Å²) >= 11 is 0. The number of alkyl halides is 3. The largest absolute Gasteiger partial charge is 0.511 e. The molecule has 1 aliphatic heterocycles. The molecule has 0 saturated carbocycles. The number of guanidine groups is 1. The molecule has 1 aromatic heterocycles. The van der Waals surface area contributed by atoms with Gasteiger partial charge in [0.05, 0.1) is 6.54 Å². The van der Waals surface area contributed by atoms with Gasteiger partial charge in [-0.25, -0.2) is 18.4 Å². The zero-order valence-corrected chi connectivity index (χ0v) is 17.5. The first-order chi connectivity index (χ1) is 13.5. The van der Waals surface area contributed by atoms with Crippen LogP contribution < -0.4 is 15.5 Å². The van der Waals surface area contributed by atoms with Crippen molar-refractivity contribution in [3.8, 4) is 0 Å². The van der Waals surface area contributed by atoms with Gasteiger partial charge in [0.25, 0.3) is 0 Å². The van der Waals surface area contributed by atoms with Gasteiger partial charge in [-0.05, 0) is 37.5 Å². The number of sulfonamides is 1. The molecule has 12 heteroatoms.